The molecular formula is C11H17NO3S. The minimum absolute atomic E-state index is 0.0132. The van der Waals surface area contributed by atoms with E-state index in [1.807, 2.05) is 37.3 Å². The van der Waals surface area contributed by atoms with Gasteiger partial charge in [-0.2, -0.15) is 0 Å². The number of rotatable bonds is 6. The van der Waals surface area contributed by atoms with Crippen LogP contribution in [0.15, 0.2) is 30.3 Å². The summed E-state index contributed by atoms with van der Waals surface area (Å²) in [4.78, 5) is 0. The fraction of sp³-hybridized carbons (Fsp3) is 0.455. The standard InChI is InChI=1S/C11H17NO3S/c1-10(11-6-4-3-5-7-11)12-16(13,14)9-8-15-2/h3-7,10,12H,8-9H2,1-2H3/t10-/m1/s1. The Balaban J connectivity index is 2.61. The molecule has 1 aromatic rings. The van der Waals surface area contributed by atoms with E-state index in [0.29, 0.717) is 0 Å². The van der Waals surface area contributed by atoms with Crippen LogP contribution in [-0.2, 0) is 14.8 Å². The van der Waals surface area contributed by atoms with Gasteiger partial charge in [-0.3, -0.25) is 0 Å². The number of ether oxygens (including phenoxy) is 1. The largest absolute Gasteiger partial charge is 0.384 e. The smallest absolute Gasteiger partial charge is 0.214 e. The molecule has 0 fully saturated rings. The zero-order valence-corrected chi connectivity index (χ0v) is 10.3. The minimum atomic E-state index is -3.27. The molecule has 1 atom stereocenters. The van der Waals surface area contributed by atoms with E-state index >= 15 is 0 Å². The Morgan fingerprint density at radius 1 is 1.31 bits per heavy atom. The van der Waals surface area contributed by atoms with Gasteiger partial charge >= 0.3 is 0 Å². The lowest BCUT2D eigenvalue weighted by atomic mass is 10.1. The van der Waals surface area contributed by atoms with Crippen molar-refractivity contribution in [2.24, 2.45) is 0 Å². The van der Waals surface area contributed by atoms with Crippen LogP contribution in [-0.4, -0.2) is 27.9 Å². The molecule has 0 aliphatic heterocycles. The summed E-state index contributed by atoms with van der Waals surface area (Å²) < 4.78 is 30.5. The monoisotopic (exact) mass is 243 g/mol. The molecule has 1 rings (SSSR count). The zero-order valence-electron chi connectivity index (χ0n) is 9.51. The molecule has 0 heterocycles. The highest BCUT2D eigenvalue weighted by atomic mass is 32.2. The van der Waals surface area contributed by atoms with Crippen molar-refractivity contribution in [1.82, 2.24) is 4.72 Å². The third-order valence-electron chi connectivity index (χ3n) is 2.21. The Labute approximate surface area is 96.7 Å². The Bertz CT molecular complexity index is 402. The van der Waals surface area contributed by atoms with Gasteiger partial charge in [0.15, 0.2) is 0 Å². The normalized spacial score (nSPS) is 13.6. The molecule has 0 radical (unpaired) electrons. The fourth-order valence-electron chi connectivity index (χ4n) is 1.33. The highest BCUT2D eigenvalue weighted by Gasteiger charge is 2.14. The first-order valence-corrected chi connectivity index (χ1v) is 6.74. The number of hydrogen-bond donors (Lipinski definition) is 1. The van der Waals surface area contributed by atoms with Crippen molar-refractivity contribution in [1.29, 1.82) is 0 Å². The predicted molar refractivity (Wildman–Crippen MR) is 63.7 cm³/mol. The zero-order chi connectivity index (χ0) is 12.0. The van der Waals surface area contributed by atoms with Crippen molar-refractivity contribution in [3.8, 4) is 0 Å². The molecular weight excluding hydrogens is 226 g/mol. The van der Waals surface area contributed by atoms with Crippen LogP contribution < -0.4 is 4.72 Å². The molecule has 1 N–H and O–H groups in total. The van der Waals surface area contributed by atoms with E-state index in [4.69, 9.17) is 4.74 Å². The van der Waals surface area contributed by atoms with Crippen molar-refractivity contribution in [2.75, 3.05) is 19.5 Å². The Kier molecular flexibility index (Phi) is 4.92. The van der Waals surface area contributed by atoms with Gasteiger partial charge < -0.3 is 4.74 Å². The Morgan fingerprint density at radius 2 is 1.94 bits per heavy atom. The molecule has 0 spiro atoms. The van der Waals surface area contributed by atoms with Crippen molar-refractivity contribution in [3.63, 3.8) is 0 Å². The molecule has 0 bridgehead atoms. The third kappa shape index (κ3) is 4.30. The first kappa shape index (κ1) is 13.2. The second kappa shape index (κ2) is 5.98. The van der Waals surface area contributed by atoms with E-state index in [2.05, 4.69) is 4.72 Å². The van der Waals surface area contributed by atoms with Crippen LogP contribution in [0.2, 0.25) is 0 Å². The predicted octanol–water partition coefficient (Wildman–Crippen LogP) is 1.31. The Morgan fingerprint density at radius 3 is 2.50 bits per heavy atom. The molecule has 16 heavy (non-hydrogen) atoms. The summed E-state index contributed by atoms with van der Waals surface area (Å²) in [6.07, 6.45) is 0. The van der Waals surface area contributed by atoms with Gasteiger partial charge in [-0.1, -0.05) is 30.3 Å². The quantitative estimate of drug-likeness (QED) is 0.819. The van der Waals surface area contributed by atoms with Crippen LogP contribution in [0.4, 0.5) is 0 Å². The lowest BCUT2D eigenvalue weighted by Gasteiger charge is -2.14. The molecule has 90 valence electrons. The molecule has 0 unspecified atom stereocenters. The summed E-state index contributed by atoms with van der Waals surface area (Å²) in [5, 5.41) is 0. The van der Waals surface area contributed by atoms with Gasteiger partial charge in [-0.05, 0) is 12.5 Å². The minimum Gasteiger partial charge on any atom is -0.384 e. The van der Waals surface area contributed by atoms with E-state index in [0.717, 1.165) is 5.56 Å². The van der Waals surface area contributed by atoms with Crippen LogP contribution in [0.25, 0.3) is 0 Å². The van der Waals surface area contributed by atoms with E-state index in [1.54, 1.807) is 0 Å². The summed E-state index contributed by atoms with van der Waals surface area (Å²) in [6.45, 7) is 2.02. The first-order chi connectivity index (χ1) is 7.55. The van der Waals surface area contributed by atoms with Crippen LogP contribution in [0.1, 0.15) is 18.5 Å². The third-order valence-corrected chi connectivity index (χ3v) is 3.63. The maximum Gasteiger partial charge on any atom is 0.214 e. The van der Waals surface area contributed by atoms with Crippen LogP contribution in [0.3, 0.4) is 0 Å². The molecule has 0 aliphatic carbocycles. The molecule has 0 saturated carbocycles. The fourth-order valence-corrected chi connectivity index (χ4v) is 2.51. The second-order valence-electron chi connectivity index (χ2n) is 3.56. The topological polar surface area (TPSA) is 55.4 Å². The van der Waals surface area contributed by atoms with Crippen LogP contribution in [0, 0.1) is 0 Å². The summed E-state index contributed by atoms with van der Waals surface area (Å²) in [7, 11) is -1.78. The lowest BCUT2D eigenvalue weighted by Crippen LogP contribution is -2.30. The van der Waals surface area contributed by atoms with Gasteiger partial charge in [-0.25, -0.2) is 13.1 Å². The molecule has 0 amide bonds. The summed E-state index contributed by atoms with van der Waals surface area (Å²) >= 11 is 0. The number of sulfonamides is 1. The highest BCUT2D eigenvalue weighted by molar-refractivity contribution is 7.89. The van der Waals surface area contributed by atoms with E-state index < -0.39 is 10.0 Å². The molecule has 4 nitrogen and oxygen atoms in total. The average Bonchev–Trinajstić information content (AvgIpc) is 2.27. The molecule has 0 saturated heterocycles. The summed E-state index contributed by atoms with van der Waals surface area (Å²) in [5.41, 5.74) is 0.948. The second-order valence-corrected chi connectivity index (χ2v) is 5.44. The van der Waals surface area contributed by atoms with Crippen LogP contribution >= 0.6 is 0 Å². The van der Waals surface area contributed by atoms with E-state index in [-0.39, 0.29) is 18.4 Å². The maximum absolute atomic E-state index is 11.6. The molecule has 1 aromatic carbocycles. The van der Waals surface area contributed by atoms with Crippen LogP contribution in [0.5, 0.6) is 0 Å². The van der Waals surface area contributed by atoms with Crippen molar-refractivity contribution < 1.29 is 13.2 Å². The number of methoxy groups -OCH3 is 1. The van der Waals surface area contributed by atoms with Gasteiger partial charge in [0.1, 0.15) is 0 Å². The number of hydrogen-bond acceptors (Lipinski definition) is 3. The van der Waals surface area contributed by atoms with Gasteiger partial charge in [-0.15, -0.1) is 0 Å². The van der Waals surface area contributed by atoms with E-state index in [9.17, 15) is 8.42 Å². The highest BCUT2D eigenvalue weighted by Crippen LogP contribution is 2.12. The van der Waals surface area contributed by atoms with Gasteiger partial charge in [0.05, 0.1) is 12.4 Å². The van der Waals surface area contributed by atoms with Gasteiger partial charge in [0.25, 0.3) is 0 Å². The molecule has 0 aromatic heterocycles. The van der Waals surface area contributed by atoms with E-state index in [1.165, 1.54) is 7.11 Å². The van der Waals surface area contributed by atoms with Crippen molar-refractivity contribution >= 4 is 10.0 Å². The summed E-state index contributed by atoms with van der Waals surface area (Å²) in [5.74, 6) is -0.0132. The molecule has 5 heteroatoms. The van der Waals surface area contributed by atoms with Crippen molar-refractivity contribution in [3.05, 3.63) is 35.9 Å². The Hall–Kier alpha value is -0.910. The van der Waals surface area contributed by atoms with Gasteiger partial charge in [0, 0.05) is 13.2 Å². The lowest BCUT2D eigenvalue weighted by molar-refractivity contribution is 0.216. The average molecular weight is 243 g/mol. The van der Waals surface area contributed by atoms with Gasteiger partial charge in [0.2, 0.25) is 10.0 Å². The SMILES string of the molecule is COCCS(=O)(=O)N[C@H](C)c1ccccc1. The number of benzene rings is 1. The van der Waals surface area contributed by atoms with Crippen molar-refractivity contribution in [2.45, 2.75) is 13.0 Å². The molecule has 0 aliphatic rings. The number of nitrogens with one attached hydrogen (secondary N) is 1. The maximum atomic E-state index is 11.6. The summed E-state index contributed by atoms with van der Waals surface area (Å²) in [6, 6.07) is 9.23. The first-order valence-electron chi connectivity index (χ1n) is 5.09.